The van der Waals surface area contributed by atoms with Crippen LogP contribution in [0.5, 0.6) is 0 Å². The molecule has 1 saturated carbocycles. The highest BCUT2D eigenvalue weighted by atomic mass is 16.5. The van der Waals surface area contributed by atoms with Crippen LogP contribution in [0.15, 0.2) is 29.0 Å². The Balaban J connectivity index is 1.66. The van der Waals surface area contributed by atoms with Crippen molar-refractivity contribution in [2.24, 2.45) is 5.73 Å². The zero-order valence-electron chi connectivity index (χ0n) is 10.8. The predicted octanol–water partition coefficient (Wildman–Crippen LogP) is 2.04. The molecule has 0 atom stereocenters. The quantitative estimate of drug-likeness (QED) is 0.911. The van der Waals surface area contributed by atoms with Crippen LogP contribution in [0.4, 0.5) is 0 Å². The first-order valence-corrected chi connectivity index (χ1v) is 6.78. The molecule has 0 bridgehead atoms. The Morgan fingerprint density at radius 2 is 2.11 bits per heavy atom. The lowest BCUT2D eigenvalue weighted by atomic mass is 9.86. The molecule has 100 valence electrons. The molecule has 2 aromatic heterocycles. The van der Waals surface area contributed by atoms with E-state index < -0.39 is 0 Å². The van der Waals surface area contributed by atoms with E-state index in [0.29, 0.717) is 18.4 Å². The van der Waals surface area contributed by atoms with Gasteiger partial charge in [-0.15, -0.1) is 0 Å². The minimum absolute atomic E-state index is 0.342. The summed E-state index contributed by atoms with van der Waals surface area (Å²) in [6.07, 6.45) is 8.46. The van der Waals surface area contributed by atoms with E-state index in [0.717, 1.165) is 43.0 Å². The SMILES string of the molecule is NC1CCC(c2nc(Cc3cccnc3)no2)CC1. The van der Waals surface area contributed by atoms with Crippen LogP contribution in [-0.2, 0) is 6.42 Å². The van der Waals surface area contributed by atoms with Crippen LogP contribution < -0.4 is 5.73 Å². The van der Waals surface area contributed by atoms with Crippen molar-refractivity contribution in [3.8, 4) is 0 Å². The molecule has 2 N–H and O–H groups in total. The predicted molar refractivity (Wildman–Crippen MR) is 70.5 cm³/mol. The smallest absolute Gasteiger partial charge is 0.229 e. The first-order chi connectivity index (χ1) is 9.31. The molecule has 5 heteroatoms. The van der Waals surface area contributed by atoms with E-state index >= 15 is 0 Å². The number of rotatable bonds is 3. The van der Waals surface area contributed by atoms with Gasteiger partial charge in [-0.05, 0) is 37.3 Å². The summed E-state index contributed by atoms with van der Waals surface area (Å²) in [4.78, 5) is 8.59. The van der Waals surface area contributed by atoms with Gasteiger partial charge in [0.05, 0.1) is 0 Å². The third kappa shape index (κ3) is 2.98. The Bertz CT molecular complexity index is 517. The number of hydrogen-bond acceptors (Lipinski definition) is 5. The van der Waals surface area contributed by atoms with E-state index in [4.69, 9.17) is 10.3 Å². The van der Waals surface area contributed by atoms with Gasteiger partial charge in [0.15, 0.2) is 5.82 Å². The summed E-state index contributed by atoms with van der Waals surface area (Å²) in [5.41, 5.74) is 7.01. The van der Waals surface area contributed by atoms with Crippen LogP contribution in [-0.4, -0.2) is 21.2 Å². The van der Waals surface area contributed by atoms with Gasteiger partial charge >= 0.3 is 0 Å². The summed E-state index contributed by atoms with van der Waals surface area (Å²) in [5.74, 6) is 1.89. The molecule has 0 spiro atoms. The third-order valence-electron chi connectivity index (χ3n) is 3.69. The highest BCUT2D eigenvalue weighted by Gasteiger charge is 2.24. The Morgan fingerprint density at radius 3 is 2.84 bits per heavy atom. The minimum Gasteiger partial charge on any atom is -0.339 e. The van der Waals surface area contributed by atoms with Crippen molar-refractivity contribution in [1.29, 1.82) is 0 Å². The molecule has 0 unspecified atom stereocenters. The van der Waals surface area contributed by atoms with Crippen molar-refractivity contribution in [2.45, 2.75) is 44.1 Å². The van der Waals surface area contributed by atoms with E-state index in [1.165, 1.54) is 0 Å². The van der Waals surface area contributed by atoms with Crippen LogP contribution in [0.25, 0.3) is 0 Å². The Labute approximate surface area is 112 Å². The molecule has 1 aliphatic carbocycles. The Morgan fingerprint density at radius 1 is 1.26 bits per heavy atom. The number of nitrogens with two attached hydrogens (primary N) is 1. The number of hydrogen-bond donors (Lipinski definition) is 1. The second kappa shape index (κ2) is 5.48. The van der Waals surface area contributed by atoms with E-state index in [2.05, 4.69) is 15.1 Å². The monoisotopic (exact) mass is 258 g/mol. The topological polar surface area (TPSA) is 77.8 Å². The van der Waals surface area contributed by atoms with Crippen molar-refractivity contribution in [2.75, 3.05) is 0 Å². The Hall–Kier alpha value is -1.75. The van der Waals surface area contributed by atoms with Gasteiger partial charge in [-0.2, -0.15) is 4.98 Å². The molecular formula is C14H18N4O. The van der Waals surface area contributed by atoms with Gasteiger partial charge in [0.1, 0.15) is 0 Å². The maximum atomic E-state index is 5.91. The fourth-order valence-electron chi connectivity index (χ4n) is 2.56. The zero-order valence-corrected chi connectivity index (χ0v) is 10.8. The van der Waals surface area contributed by atoms with Gasteiger partial charge in [0.2, 0.25) is 5.89 Å². The van der Waals surface area contributed by atoms with Crippen LogP contribution in [0, 0.1) is 0 Å². The molecule has 2 heterocycles. The minimum atomic E-state index is 0.342. The molecule has 0 radical (unpaired) electrons. The van der Waals surface area contributed by atoms with Gasteiger partial charge < -0.3 is 10.3 Å². The first kappa shape index (κ1) is 12.3. The van der Waals surface area contributed by atoms with E-state index in [1.54, 1.807) is 6.20 Å². The van der Waals surface area contributed by atoms with E-state index in [9.17, 15) is 0 Å². The molecule has 0 saturated heterocycles. The summed E-state index contributed by atoms with van der Waals surface area (Å²) in [7, 11) is 0. The van der Waals surface area contributed by atoms with Crippen molar-refractivity contribution in [1.82, 2.24) is 15.1 Å². The van der Waals surface area contributed by atoms with Crippen molar-refractivity contribution >= 4 is 0 Å². The summed E-state index contributed by atoms with van der Waals surface area (Å²) in [6, 6.07) is 4.27. The molecule has 0 aromatic carbocycles. The van der Waals surface area contributed by atoms with Gasteiger partial charge in [0.25, 0.3) is 0 Å². The molecular weight excluding hydrogens is 240 g/mol. The van der Waals surface area contributed by atoms with Crippen molar-refractivity contribution in [3.05, 3.63) is 41.8 Å². The summed E-state index contributed by atoms with van der Waals surface area (Å²) in [6.45, 7) is 0. The Kier molecular flexibility index (Phi) is 3.55. The van der Waals surface area contributed by atoms with Crippen LogP contribution in [0.3, 0.4) is 0 Å². The molecule has 0 amide bonds. The molecule has 3 rings (SSSR count). The standard InChI is InChI=1S/C14H18N4O/c15-12-5-3-11(4-6-12)14-17-13(18-19-14)8-10-2-1-7-16-9-10/h1-2,7,9,11-12H,3-6,8,15H2. The first-order valence-electron chi connectivity index (χ1n) is 6.78. The van der Waals surface area contributed by atoms with Crippen molar-refractivity contribution < 1.29 is 4.52 Å². The lowest BCUT2D eigenvalue weighted by Crippen LogP contribution is -2.25. The lowest BCUT2D eigenvalue weighted by Gasteiger charge is -2.22. The van der Waals surface area contributed by atoms with E-state index in [1.807, 2.05) is 18.3 Å². The molecule has 0 aliphatic heterocycles. The van der Waals surface area contributed by atoms with Crippen LogP contribution in [0.2, 0.25) is 0 Å². The maximum absolute atomic E-state index is 5.91. The second-order valence-electron chi connectivity index (χ2n) is 5.20. The average molecular weight is 258 g/mol. The van der Waals surface area contributed by atoms with E-state index in [-0.39, 0.29) is 0 Å². The lowest BCUT2D eigenvalue weighted by molar-refractivity contribution is 0.300. The number of pyridine rings is 1. The van der Waals surface area contributed by atoms with Gasteiger partial charge in [-0.1, -0.05) is 11.2 Å². The molecule has 19 heavy (non-hydrogen) atoms. The zero-order chi connectivity index (χ0) is 13.1. The normalized spacial score (nSPS) is 23.4. The van der Waals surface area contributed by atoms with Crippen molar-refractivity contribution in [3.63, 3.8) is 0 Å². The molecule has 2 aromatic rings. The highest BCUT2D eigenvalue weighted by Crippen LogP contribution is 2.31. The third-order valence-corrected chi connectivity index (χ3v) is 3.69. The van der Waals surface area contributed by atoms with Gasteiger partial charge in [-0.3, -0.25) is 4.98 Å². The van der Waals surface area contributed by atoms with Crippen LogP contribution in [0.1, 0.15) is 48.9 Å². The fourth-order valence-corrected chi connectivity index (χ4v) is 2.56. The molecule has 1 fully saturated rings. The number of nitrogens with zero attached hydrogens (tertiary/aromatic N) is 3. The molecule has 1 aliphatic rings. The summed E-state index contributed by atoms with van der Waals surface area (Å²) in [5, 5.41) is 4.06. The maximum Gasteiger partial charge on any atom is 0.229 e. The summed E-state index contributed by atoms with van der Waals surface area (Å²) < 4.78 is 5.39. The average Bonchev–Trinajstić information content (AvgIpc) is 2.89. The van der Waals surface area contributed by atoms with Crippen LogP contribution >= 0.6 is 0 Å². The molecule has 5 nitrogen and oxygen atoms in total. The summed E-state index contributed by atoms with van der Waals surface area (Å²) >= 11 is 0. The highest BCUT2D eigenvalue weighted by molar-refractivity contribution is 5.14. The number of aromatic nitrogens is 3. The largest absolute Gasteiger partial charge is 0.339 e. The second-order valence-corrected chi connectivity index (χ2v) is 5.20. The van der Waals surface area contributed by atoms with Gasteiger partial charge in [-0.25, -0.2) is 0 Å². The van der Waals surface area contributed by atoms with Gasteiger partial charge in [0, 0.05) is 30.8 Å². The fraction of sp³-hybridized carbons (Fsp3) is 0.500.